The second-order valence-corrected chi connectivity index (χ2v) is 6.62. The van der Waals surface area contributed by atoms with Crippen LogP contribution in [0.15, 0.2) is 23.4 Å². The summed E-state index contributed by atoms with van der Waals surface area (Å²) in [5.74, 6) is 6.01. The van der Waals surface area contributed by atoms with Crippen LogP contribution in [0.1, 0.15) is 32.3 Å². The third kappa shape index (κ3) is 5.70. The summed E-state index contributed by atoms with van der Waals surface area (Å²) in [6, 6.07) is 1.50. The largest absolute Gasteiger partial charge is 0.320 e. The highest BCUT2D eigenvalue weighted by molar-refractivity contribution is 7.89. The summed E-state index contributed by atoms with van der Waals surface area (Å²) in [6.45, 7) is 4.87. The predicted octanol–water partition coefficient (Wildman–Crippen LogP) is 1.11. The van der Waals surface area contributed by atoms with Crippen LogP contribution >= 0.6 is 0 Å². The molecule has 6 heteroatoms. The molecule has 5 nitrogen and oxygen atoms in total. The van der Waals surface area contributed by atoms with Gasteiger partial charge in [-0.2, -0.15) is 0 Å². The molecule has 3 N–H and O–H groups in total. The lowest BCUT2D eigenvalue weighted by atomic mass is 10.1. The first-order valence-electron chi connectivity index (χ1n) is 6.59. The van der Waals surface area contributed by atoms with E-state index in [1.807, 2.05) is 0 Å². The third-order valence-electron chi connectivity index (χ3n) is 2.61. The van der Waals surface area contributed by atoms with Crippen LogP contribution in [0, 0.1) is 17.8 Å². The van der Waals surface area contributed by atoms with Gasteiger partial charge >= 0.3 is 0 Å². The van der Waals surface area contributed by atoms with Crippen LogP contribution in [0.2, 0.25) is 0 Å². The molecule has 1 rings (SSSR count). The Balaban J connectivity index is 2.72. The Kier molecular flexibility index (Phi) is 6.65. The third-order valence-corrected chi connectivity index (χ3v) is 4.04. The fraction of sp³-hybridized carbons (Fsp3) is 0.500. The van der Waals surface area contributed by atoms with Crippen LogP contribution in [-0.4, -0.2) is 26.5 Å². The van der Waals surface area contributed by atoms with Gasteiger partial charge in [0.1, 0.15) is 4.90 Å². The van der Waals surface area contributed by atoms with Gasteiger partial charge in [-0.15, -0.1) is 0 Å². The summed E-state index contributed by atoms with van der Waals surface area (Å²) in [4.78, 5) is 4.03. The summed E-state index contributed by atoms with van der Waals surface area (Å²) < 4.78 is 26.7. The highest BCUT2D eigenvalue weighted by Crippen LogP contribution is 2.09. The first-order valence-corrected chi connectivity index (χ1v) is 8.07. The SMILES string of the molecule is CC(C)CCCNS(=O)(=O)c1cncc(C#CCN)c1. The first-order chi connectivity index (χ1) is 9.45. The average Bonchev–Trinajstić information content (AvgIpc) is 2.41. The minimum Gasteiger partial charge on any atom is -0.320 e. The fourth-order valence-corrected chi connectivity index (χ4v) is 2.65. The number of hydrogen-bond acceptors (Lipinski definition) is 4. The molecule has 0 bridgehead atoms. The molecule has 1 heterocycles. The number of nitrogens with zero attached hydrogens (tertiary/aromatic N) is 1. The summed E-state index contributed by atoms with van der Waals surface area (Å²) >= 11 is 0. The molecule has 20 heavy (non-hydrogen) atoms. The van der Waals surface area contributed by atoms with Crippen LogP contribution < -0.4 is 10.5 Å². The van der Waals surface area contributed by atoms with Crippen molar-refractivity contribution < 1.29 is 8.42 Å². The van der Waals surface area contributed by atoms with E-state index >= 15 is 0 Å². The molecule has 0 aliphatic heterocycles. The number of sulfonamides is 1. The van der Waals surface area contributed by atoms with E-state index in [2.05, 4.69) is 35.4 Å². The Hall–Kier alpha value is -1.42. The highest BCUT2D eigenvalue weighted by Gasteiger charge is 2.14. The monoisotopic (exact) mass is 295 g/mol. The molecule has 0 atom stereocenters. The first kappa shape index (κ1) is 16.6. The van der Waals surface area contributed by atoms with Crippen LogP contribution in [0.4, 0.5) is 0 Å². The molecule has 0 amide bonds. The summed E-state index contributed by atoms with van der Waals surface area (Å²) in [6.07, 6.45) is 4.64. The molecule has 1 aromatic rings. The normalized spacial score (nSPS) is 11.2. The van der Waals surface area contributed by atoms with E-state index in [0.717, 1.165) is 12.8 Å². The number of rotatable bonds is 6. The maximum absolute atomic E-state index is 12.1. The van der Waals surface area contributed by atoms with Crippen molar-refractivity contribution in [1.82, 2.24) is 9.71 Å². The molecule has 0 unspecified atom stereocenters. The molecule has 0 fully saturated rings. The molecule has 0 saturated carbocycles. The molecule has 0 aliphatic carbocycles. The topological polar surface area (TPSA) is 85.1 Å². The standard InChI is InChI=1S/C14H21N3O2S/c1-12(2)5-4-8-17-20(18,19)14-9-13(6-3-7-15)10-16-11-14/h9-12,17H,4-5,7-8,15H2,1-2H3. The lowest BCUT2D eigenvalue weighted by Gasteiger charge is -2.08. The summed E-state index contributed by atoms with van der Waals surface area (Å²) in [7, 11) is -3.52. The van der Waals surface area contributed by atoms with Crippen LogP contribution in [-0.2, 0) is 10.0 Å². The van der Waals surface area contributed by atoms with Crippen molar-refractivity contribution in [3.05, 3.63) is 24.0 Å². The van der Waals surface area contributed by atoms with Gasteiger partial charge in [-0.1, -0.05) is 25.7 Å². The molecule has 0 aromatic carbocycles. The molecular weight excluding hydrogens is 274 g/mol. The van der Waals surface area contributed by atoms with Crippen molar-refractivity contribution in [2.75, 3.05) is 13.1 Å². The molecule has 0 spiro atoms. The van der Waals surface area contributed by atoms with Gasteiger partial charge < -0.3 is 5.73 Å². The number of nitrogens with two attached hydrogens (primary N) is 1. The lowest BCUT2D eigenvalue weighted by molar-refractivity contribution is 0.539. The van der Waals surface area contributed by atoms with Crippen molar-refractivity contribution in [3.63, 3.8) is 0 Å². The zero-order chi connectivity index (χ0) is 15.0. The number of nitrogens with one attached hydrogen (secondary N) is 1. The van der Waals surface area contributed by atoms with Crippen molar-refractivity contribution in [2.45, 2.75) is 31.6 Å². The van der Waals surface area contributed by atoms with Gasteiger partial charge in [0, 0.05) is 24.5 Å². The van der Waals surface area contributed by atoms with Gasteiger partial charge in [0.05, 0.1) is 6.54 Å². The minimum absolute atomic E-state index is 0.130. The molecular formula is C14H21N3O2S. The highest BCUT2D eigenvalue weighted by atomic mass is 32.2. The van der Waals surface area contributed by atoms with E-state index < -0.39 is 10.0 Å². The number of aromatic nitrogens is 1. The Bertz CT molecular complexity index is 586. The van der Waals surface area contributed by atoms with Gasteiger partial charge in [-0.25, -0.2) is 13.1 Å². The maximum atomic E-state index is 12.1. The lowest BCUT2D eigenvalue weighted by Crippen LogP contribution is -2.25. The average molecular weight is 295 g/mol. The second-order valence-electron chi connectivity index (χ2n) is 4.85. The second kappa shape index (κ2) is 8.00. The zero-order valence-electron chi connectivity index (χ0n) is 11.9. The fourth-order valence-electron chi connectivity index (χ4n) is 1.59. The molecule has 1 aromatic heterocycles. The van der Waals surface area contributed by atoms with E-state index in [1.54, 1.807) is 0 Å². The summed E-state index contributed by atoms with van der Waals surface area (Å²) in [5.41, 5.74) is 5.82. The Morgan fingerprint density at radius 1 is 1.40 bits per heavy atom. The molecule has 0 radical (unpaired) electrons. The molecule has 110 valence electrons. The zero-order valence-corrected chi connectivity index (χ0v) is 12.7. The number of hydrogen-bond donors (Lipinski definition) is 2. The number of pyridine rings is 1. The van der Waals surface area contributed by atoms with Gasteiger partial charge in [-0.05, 0) is 24.8 Å². The Labute approximate surface area is 121 Å². The van der Waals surface area contributed by atoms with Gasteiger partial charge in [0.15, 0.2) is 0 Å². The quantitative estimate of drug-likeness (QED) is 0.608. The van der Waals surface area contributed by atoms with Crippen LogP contribution in [0.3, 0.4) is 0 Å². The van der Waals surface area contributed by atoms with Crippen molar-refractivity contribution in [1.29, 1.82) is 0 Å². The smallest absolute Gasteiger partial charge is 0.242 e. The Morgan fingerprint density at radius 3 is 2.80 bits per heavy atom. The van der Waals surface area contributed by atoms with Crippen molar-refractivity contribution >= 4 is 10.0 Å². The minimum atomic E-state index is -3.52. The van der Waals surface area contributed by atoms with E-state index in [-0.39, 0.29) is 11.4 Å². The van der Waals surface area contributed by atoms with E-state index in [4.69, 9.17) is 5.73 Å². The Morgan fingerprint density at radius 2 is 2.15 bits per heavy atom. The van der Waals surface area contributed by atoms with E-state index in [0.29, 0.717) is 18.0 Å². The van der Waals surface area contributed by atoms with Gasteiger partial charge in [-0.3, -0.25) is 4.98 Å². The van der Waals surface area contributed by atoms with Crippen molar-refractivity contribution in [3.8, 4) is 11.8 Å². The molecule has 0 aliphatic rings. The predicted molar refractivity (Wildman–Crippen MR) is 79.4 cm³/mol. The van der Waals surface area contributed by atoms with Crippen LogP contribution in [0.5, 0.6) is 0 Å². The van der Waals surface area contributed by atoms with E-state index in [1.165, 1.54) is 18.5 Å². The van der Waals surface area contributed by atoms with Gasteiger partial charge in [0.25, 0.3) is 0 Å². The maximum Gasteiger partial charge on any atom is 0.242 e. The van der Waals surface area contributed by atoms with Crippen LogP contribution in [0.25, 0.3) is 0 Å². The van der Waals surface area contributed by atoms with E-state index in [9.17, 15) is 8.42 Å². The van der Waals surface area contributed by atoms with Crippen molar-refractivity contribution in [2.24, 2.45) is 11.7 Å². The molecule has 0 saturated heterocycles. The van der Waals surface area contributed by atoms with Gasteiger partial charge in [0.2, 0.25) is 10.0 Å². The summed E-state index contributed by atoms with van der Waals surface area (Å²) in [5, 5.41) is 0.